The number of para-hydroxylation sites is 1. The Bertz CT molecular complexity index is 670. The lowest BCUT2D eigenvalue weighted by molar-refractivity contribution is 0.0584. The Morgan fingerprint density at radius 1 is 1.25 bits per heavy atom. The maximum absolute atomic E-state index is 12.7. The number of carbonyl (C=O) groups is 1. The molecule has 2 heterocycles. The Kier molecular flexibility index (Phi) is 5.25. The first-order valence-electron chi connectivity index (χ1n) is 8.21. The minimum atomic E-state index is 0.0135. The number of ether oxygens (including phenoxy) is 2. The Balaban J connectivity index is 1.59. The van der Waals surface area contributed by atoms with Crippen molar-refractivity contribution >= 4 is 5.91 Å². The van der Waals surface area contributed by atoms with Crippen molar-refractivity contribution in [2.45, 2.75) is 25.9 Å². The molecule has 1 amide bonds. The third-order valence-corrected chi connectivity index (χ3v) is 3.99. The van der Waals surface area contributed by atoms with Gasteiger partial charge in [-0.25, -0.2) is 9.97 Å². The zero-order chi connectivity index (χ0) is 16.8. The van der Waals surface area contributed by atoms with Crippen LogP contribution in [-0.2, 0) is 0 Å². The average Bonchev–Trinajstić information content (AvgIpc) is 2.63. The fraction of sp³-hybridized carbons (Fsp3) is 0.389. The molecule has 0 atom stereocenters. The molecule has 3 rings (SSSR count). The van der Waals surface area contributed by atoms with Crippen molar-refractivity contribution in [3.63, 3.8) is 0 Å². The predicted molar refractivity (Wildman–Crippen MR) is 89.2 cm³/mol. The summed E-state index contributed by atoms with van der Waals surface area (Å²) < 4.78 is 11.4. The number of hydrogen-bond acceptors (Lipinski definition) is 5. The van der Waals surface area contributed by atoms with E-state index in [2.05, 4.69) is 9.97 Å². The van der Waals surface area contributed by atoms with Gasteiger partial charge in [-0.05, 0) is 19.1 Å². The van der Waals surface area contributed by atoms with Gasteiger partial charge in [-0.1, -0.05) is 12.1 Å². The van der Waals surface area contributed by atoms with E-state index >= 15 is 0 Å². The molecule has 0 unspecified atom stereocenters. The number of hydrogen-bond donors (Lipinski definition) is 0. The number of amides is 1. The van der Waals surface area contributed by atoms with E-state index in [4.69, 9.17) is 9.47 Å². The van der Waals surface area contributed by atoms with E-state index < -0.39 is 0 Å². The van der Waals surface area contributed by atoms with Crippen LogP contribution in [0.4, 0.5) is 0 Å². The second-order valence-electron chi connectivity index (χ2n) is 5.59. The van der Waals surface area contributed by atoms with E-state index in [0.717, 1.165) is 12.8 Å². The lowest BCUT2D eigenvalue weighted by Gasteiger charge is -2.32. The molecule has 6 heteroatoms. The second-order valence-corrected chi connectivity index (χ2v) is 5.59. The van der Waals surface area contributed by atoms with Gasteiger partial charge in [-0.3, -0.25) is 4.79 Å². The molecular weight excluding hydrogens is 306 g/mol. The number of piperidine rings is 1. The Labute approximate surface area is 141 Å². The maximum atomic E-state index is 12.7. The van der Waals surface area contributed by atoms with Crippen molar-refractivity contribution in [1.29, 1.82) is 0 Å². The van der Waals surface area contributed by atoms with Gasteiger partial charge in [0.2, 0.25) is 5.88 Å². The molecule has 1 aromatic heterocycles. The van der Waals surface area contributed by atoms with Gasteiger partial charge in [0.1, 0.15) is 18.2 Å². The quantitative estimate of drug-likeness (QED) is 0.844. The zero-order valence-corrected chi connectivity index (χ0v) is 13.7. The number of nitrogens with zero attached hydrogens (tertiary/aromatic N) is 3. The van der Waals surface area contributed by atoms with Crippen LogP contribution >= 0.6 is 0 Å². The average molecular weight is 327 g/mol. The smallest absolute Gasteiger partial charge is 0.257 e. The standard InChI is InChI=1S/C18H21N3O3/c1-2-23-16-6-4-3-5-15(16)18(22)21-11-8-14(9-12-21)24-17-7-10-19-13-20-17/h3-7,10,13-14H,2,8-9,11-12H2,1H3. The monoisotopic (exact) mass is 327 g/mol. The van der Waals surface area contributed by atoms with Gasteiger partial charge in [0, 0.05) is 38.2 Å². The SMILES string of the molecule is CCOc1ccccc1C(=O)N1CCC(Oc2ccncn2)CC1. The van der Waals surface area contributed by atoms with Crippen molar-refractivity contribution in [1.82, 2.24) is 14.9 Å². The van der Waals surface area contributed by atoms with Crippen LogP contribution in [0.5, 0.6) is 11.6 Å². The van der Waals surface area contributed by atoms with Gasteiger partial charge in [0.05, 0.1) is 12.2 Å². The van der Waals surface area contributed by atoms with Crippen LogP contribution in [0, 0.1) is 0 Å². The molecule has 1 aliphatic heterocycles. The van der Waals surface area contributed by atoms with Crippen molar-refractivity contribution < 1.29 is 14.3 Å². The summed E-state index contributed by atoms with van der Waals surface area (Å²) in [6, 6.07) is 9.14. The van der Waals surface area contributed by atoms with Gasteiger partial charge < -0.3 is 14.4 Å². The highest BCUT2D eigenvalue weighted by Gasteiger charge is 2.26. The van der Waals surface area contributed by atoms with Gasteiger partial charge in [-0.2, -0.15) is 0 Å². The highest BCUT2D eigenvalue weighted by atomic mass is 16.5. The first-order valence-corrected chi connectivity index (χ1v) is 8.21. The topological polar surface area (TPSA) is 64.5 Å². The number of rotatable bonds is 5. The van der Waals surface area contributed by atoms with E-state index in [1.165, 1.54) is 6.33 Å². The molecule has 0 bridgehead atoms. The molecule has 1 aromatic carbocycles. The second kappa shape index (κ2) is 7.77. The minimum Gasteiger partial charge on any atom is -0.493 e. The van der Waals surface area contributed by atoms with Crippen LogP contribution in [0.25, 0.3) is 0 Å². The zero-order valence-electron chi connectivity index (χ0n) is 13.7. The predicted octanol–water partition coefficient (Wildman–Crippen LogP) is 2.56. The number of aromatic nitrogens is 2. The summed E-state index contributed by atoms with van der Waals surface area (Å²) in [5.41, 5.74) is 0.620. The molecule has 0 radical (unpaired) electrons. The summed E-state index contributed by atoms with van der Waals surface area (Å²) in [7, 11) is 0. The first-order chi connectivity index (χ1) is 11.8. The molecule has 0 aliphatic carbocycles. The number of likely N-dealkylation sites (tertiary alicyclic amines) is 1. The largest absolute Gasteiger partial charge is 0.493 e. The Morgan fingerprint density at radius 2 is 2.04 bits per heavy atom. The van der Waals surface area contributed by atoms with Crippen LogP contribution in [0.15, 0.2) is 42.9 Å². The highest BCUT2D eigenvalue weighted by Crippen LogP contribution is 2.23. The summed E-state index contributed by atoms with van der Waals surface area (Å²) in [5.74, 6) is 1.24. The summed E-state index contributed by atoms with van der Waals surface area (Å²) in [6.07, 6.45) is 4.77. The molecule has 1 saturated heterocycles. The van der Waals surface area contributed by atoms with E-state index in [1.54, 1.807) is 12.3 Å². The Hall–Kier alpha value is -2.63. The fourth-order valence-electron chi connectivity index (χ4n) is 2.79. The van der Waals surface area contributed by atoms with Crippen LogP contribution < -0.4 is 9.47 Å². The molecule has 24 heavy (non-hydrogen) atoms. The molecule has 2 aromatic rings. The molecule has 1 aliphatic rings. The van der Waals surface area contributed by atoms with Crippen LogP contribution in [0.2, 0.25) is 0 Å². The van der Waals surface area contributed by atoms with Crippen LogP contribution in [-0.4, -0.2) is 46.6 Å². The van der Waals surface area contributed by atoms with Gasteiger partial charge in [-0.15, -0.1) is 0 Å². The highest BCUT2D eigenvalue weighted by molar-refractivity contribution is 5.97. The number of benzene rings is 1. The van der Waals surface area contributed by atoms with Gasteiger partial charge in [0.25, 0.3) is 5.91 Å². The maximum Gasteiger partial charge on any atom is 0.257 e. The molecule has 6 nitrogen and oxygen atoms in total. The molecule has 0 saturated carbocycles. The normalized spacial score (nSPS) is 15.1. The van der Waals surface area contributed by atoms with Crippen LogP contribution in [0.1, 0.15) is 30.1 Å². The van der Waals surface area contributed by atoms with Crippen molar-refractivity contribution in [2.75, 3.05) is 19.7 Å². The molecule has 0 spiro atoms. The van der Waals surface area contributed by atoms with E-state index in [-0.39, 0.29) is 12.0 Å². The first kappa shape index (κ1) is 16.2. The van der Waals surface area contributed by atoms with E-state index in [0.29, 0.717) is 36.9 Å². The Morgan fingerprint density at radius 3 is 2.75 bits per heavy atom. The van der Waals surface area contributed by atoms with Crippen molar-refractivity contribution in [3.8, 4) is 11.6 Å². The molecule has 1 fully saturated rings. The van der Waals surface area contributed by atoms with E-state index in [1.807, 2.05) is 36.1 Å². The van der Waals surface area contributed by atoms with Gasteiger partial charge >= 0.3 is 0 Å². The van der Waals surface area contributed by atoms with Crippen molar-refractivity contribution in [3.05, 3.63) is 48.4 Å². The lowest BCUT2D eigenvalue weighted by Crippen LogP contribution is -2.42. The third-order valence-electron chi connectivity index (χ3n) is 3.99. The van der Waals surface area contributed by atoms with Crippen LogP contribution in [0.3, 0.4) is 0 Å². The minimum absolute atomic E-state index is 0.0135. The summed E-state index contributed by atoms with van der Waals surface area (Å²) >= 11 is 0. The van der Waals surface area contributed by atoms with Crippen molar-refractivity contribution in [2.24, 2.45) is 0 Å². The number of carbonyl (C=O) groups excluding carboxylic acids is 1. The molecule has 0 N–H and O–H groups in total. The summed E-state index contributed by atoms with van der Waals surface area (Å²) in [5, 5.41) is 0. The van der Waals surface area contributed by atoms with Gasteiger partial charge in [0.15, 0.2) is 0 Å². The fourth-order valence-corrected chi connectivity index (χ4v) is 2.79. The summed E-state index contributed by atoms with van der Waals surface area (Å²) in [6.45, 7) is 3.78. The third kappa shape index (κ3) is 3.82. The molecule has 126 valence electrons. The van der Waals surface area contributed by atoms with E-state index in [9.17, 15) is 4.79 Å². The lowest BCUT2D eigenvalue weighted by atomic mass is 10.1. The molecular formula is C18H21N3O3. The summed E-state index contributed by atoms with van der Waals surface area (Å²) in [4.78, 5) is 22.6.